The highest BCUT2D eigenvalue weighted by Crippen LogP contribution is 2.37. The third-order valence-corrected chi connectivity index (χ3v) is 8.35. The zero-order valence-electron chi connectivity index (χ0n) is 12.3. The van der Waals surface area contributed by atoms with Gasteiger partial charge in [-0.1, -0.05) is 40.5 Å². The van der Waals surface area contributed by atoms with Gasteiger partial charge in [-0.2, -0.15) is 0 Å². The lowest BCUT2D eigenvalue weighted by Gasteiger charge is -2.39. The average molecular weight is 245 g/mol. The number of hydrogen-bond donors (Lipinski definition) is 1. The van der Waals surface area contributed by atoms with Crippen LogP contribution in [0.1, 0.15) is 53.9 Å². The molecular weight excluding hydrogens is 214 g/mol. The molecule has 0 amide bonds. The summed E-state index contributed by atoms with van der Waals surface area (Å²) in [6, 6.07) is 0.189. The molecule has 0 rings (SSSR count). The van der Waals surface area contributed by atoms with Gasteiger partial charge in [0.2, 0.25) is 0 Å². The molecule has 2 N–H and O–H groups in total. The van der Waals surface area contributed by atoms with Crippen molar-refractivity contribution in [3.8, 4) is 0 Å². The van der Waals surface area contributed by atoms with E-state index in [0.29, 0.717) is 0 Å². The third-order valence-electron chi connectivity index (χ3n) is 3.78. The van der Waals surface area contributed by atoms with E-state index in [1.807, 2.05) is 0 Å². The lowest BCUT2D eigenvalue weighted by atomic mass is 10.1. The second kappa shape index (κ2) is 6.17. The molecule has 0 aliphatic carbocycles. The highest BCUT2D eigenvalue weighted by molar-refractivity contribution is 6.74. The van der Waals surface area contributed by atoms with Crippen LogP contribution >= 0.6 is 0 Å². The van der Waals surface area contributed by atoms with Crippen LogP contribution in [0.15, 0.2) is 0 Å². The van der Waals surface area contributed by atoms with E-state index in [4.69, 9.17) is 10.2 Å². The molecule has 0 saturated carbocycles. The summed E-state index contributed by atoms with van der Waals surface area (Å²) in [5, 5.41) is 0.270. The zero-order valence-corrected chi connectivity index (χ0v) is 13.3. The normalized spacial score (nSPS) is 17.2. The van der Waals surface area contributed by atoms with Crippen LogP contribution in [0.3, 0.4) is 0 Å². The Morgan fingerprint density at radius 2 is 1.75 bits per heavy atom. The van der Waals surface area contributed by atoms with Crippen molar-refractivity contribution in [3.05, 3.63) is 0 Å². The molecule has 0 saturated heterocycles. The van der Waals surface area contributed by atoms with Crippen LogP contribution in [-0.4, -0.2) is 20.5 Å². The lowest BCUT2D eigenvalue weighted by Crippen LogP contribution is -2.48. The van der Waals surface area contributed by atoms with Crippen molar-refractivity contribution in [1.82, 2.24) is 0 Å². The first kappa shape index (κ1) is 16.1. The Hall–Kier alpha value is 0.137. The summed E-state index contributed by atoms with van der Waals surface area (Å²) in [6.07, 6.45) is 3.67. The van der Waals surface area contributed by atoms with Gasteiger partial charge in [0.1, 0.15) is 0 Å². The summed E-state index contributed by atoms with van der Waals surface area (Å²) in [4.78, 5) is 0. The van der Waals surface area contributed by atoms with E-state index in [0.717, 1.165) is 6.42 Å². The van der Waals surface area contributed by atoms with Crippen molar-refractivity contribution in [2.45, 2.75) is 84.2 Å². The Bertz CT molecular complexity index is 199. The van der Waals surface area contributed by atoms with Crippen molar-refractivity contribution in [3.63, 3.8) is 0 Å². The average Bonchev–Trinajstić information content (AvgIpc) is 2.11. The van der Waals surface area contributed by atoms with Crippen LogP contribution in [0.2, 0.25) is 18.1 Å². The summed E-state index contributed by atoms with van der Waals surface area (Å²) >= 11 is 0. The third kappa shape index (κ3) is 4.98. The van der Waals surface area contributed by atoms with Gasteiger partial charge < -0.3 is 10.2 Å². The van der Waals surface area contributed by atoms with Crippen LogP contribution in [0.25, 0.3) is 0 Å². The Morgan fingerprint density at radius 1 is 1.25 bits per heavy atom. The minimum absolute atomic E-state index is 0.187. The fraction of sp³-hybridized carbons (Fsp3) is 1.00. The molecule has 0 spiro atoms. The van der Waals surface area contributed by atoms with Crippen LogP contribution in [0.4, 0.5) is 0 Å². The van der Waals surface area contributed by atoms with Crippen LogP contribution in [0.5, 0.6) is 0 Å². The number of rotatable bonds is 6. The molecule has 0 aromatic heterocycles. The molecular formula is C13H31NOSi. The Morgan fingerprint density at radius 3 is 2.12 bits per heavy atom. The summed E-state index contributed by atoms with van der Waals surface area (Å²) in [5.74, 6) is 0. The van der Waals surface area contributed by atoms with Crippen LogP contribution in [-0.2, 0) is 4.43 Å². The molecule has 2 nitrogen and oxygen atoms in total. The molecule has 0 aromatic rings. The van der Waals surface area contributed by atoms with Crippen molar-refractivity contribution >= 4 is 8.32 Å². The van der Waals surface area contributed by atoms with E-state index < -0.39 is 8.32 Å². The van der Waals surface area contributed by atoms with Gasteiger partial charge in [0.15, 0.2) is 8.32 Å². The van der Waals surface area contributed by atoms with Gasteiger partial charge in [-0.05, 0) is 31.5 Å². The number of unbranched alkanes of at least 4 members (excludes halogenated alkanes) is 1. The maximum Gasteiger partial charge on any atom is 0.192 e. The van der Waals surface area contributed by atoms with Crippen LogP contribution in [0, 0.1) is 0 Å². The number of hydrogen-bond acceptors (Lipinski definition) is 2. The summed E-state index contributed by atoms with van der Waals surface area (Å²) < 4.78 is 6.27. The molecule has 0 radical (unpaired) electrons. The first-order valence-corrected chi connectivity index (χ1v) is 9.46. The molecule has 0 aromatic carbocycles. The fourth-order valence-corrected chi connectivity index (χ4v) is 2.86. The SMILES string of the molecule is CCCC[C@@H](N)[C@H](C)O[Si](C)(C)C(C)(C)C. The quantitative estimate of drug-likeness (QED) is 0.720. The Kier molecular flexibility index (Phi) is 6.23. The topological polar surface area (TPSA) is 35.2 Å². The second-order valence-electron chi connectivity index (χ2n) is 6.39. The highest BCUT2D eigenvalue weighted by atomic mass is 28.4. The molecule has 0 unspecified atom stereocenters. The standard InChI is InChI=1S/C13H31NOSi/c1-8-9-10-12(14)11(2)15-16(6,7)13(3,4)5/h11-12H,8-10,14H2,1-7H3/t11-,12+/m0/s1. The van der Waals surface area contributed by atoms with Gasteiger partial charge >= 0.3 is 0 Å². The Balaban J connectivity index is 4.27. The lowest BCUT2D eigenvalue weighted by molar-refractivity contribution is 0.164. The van der Waals surface area contributed by atoms with E-state index in [-0.39, 0.29) is 17.2 Å². The van der Waals surface area contributed by atoms with Gasteiger partial charge in [0.25, 0.3) is 0 Å². The van der Waals surface area contributed by atoms with E-state index in [1.54, 1.807) is 0 Å². The molecule has 0 fully saturated rings. The van der Waals surface area contributed by atoms with Crippen molar-refractivity contribution in [2.75, 3.05) is 0 Å². The summed E-state index contributed by atoms with van der Waals surface area (Å²) in [5.41, 5.74) is 6.15. The first-order chi connectivity index (χ1) is 7.12. The largest absolute Gasteiger partial charge is 0.413 e. The summed E-state index contributed by atoms with van der Waals surface area (Å²) in [7, 11) is -1.65. The minimum Gasteiger partial charge on any atom is -0.413 e. The molecule has 2 atom stereocenters. The molecule has 0 aliphatic rings. The molecule has 0 bridgehead atoms. The molecule has 16 heavy (non-hydrogen) atoms. The monoisotopic (exact) mass is 245 g/mol. The van der Waals surface area contributed by atoms with E-state index >= 15 is 0 Å². The van der Waals surface area contributed by atoms with E-state index in [9.17, 15) is 0 Å². The van der Waals surface area contributed by atoms with Gasteiger partial charge in [-0.3, -0.25) is 0 Å². The van der Waals surface area contributed by atoms with Gasteiger partial charge in [-0.15, -0.1) is 0 Å². The maximum atomic E-state index is 6.27. The minimum atomic E-state index is -1.65. The van der Waals surface area contributed by atoms with Gasteiger partial charge in [0, 0.05) is 6.04 Å². The highest BCUT2D eigenvalue weighted by Gasteiger charge is 2.39. The molecule has 3 heteroatoms. The second-order valence-corrected chi connectivity index (χ2v) is 11.1. The molecule has 0 heterocycles. The number of nitrogens with two attached hydrogens (primary N) is 1. The van der Waals surface area contributed by atoms with Gasteiger partial charge in [0.05, 0.1) is 6.10 Å². The van der Waals surface area contributed by atoms with E-state index in [1.165, 1.54) is 12.8 Å². The predicted octanol–water partition coefficient (Wildman–Crippen LogP) is 3.91. The van der Waals surface area contributed by atoms with Crippen molar-refractivity contribution in [2.24, 2.45) is 5.73 Å². The summed E-state index contributed by atoms with van der Waals surface area (Å²) in [6.45, 7) is 15.7. The first-order valence-electron chi connectivity index (χ1n) is 6.55. The maximum absolute atomic E-state index is 6.27. The Labute approximate surface area is 103 Å². The van der Waals surface area contributed by atoms with Crippen molar-refractivity contribution < 1.29 is 4.43 Å². The van der Waals surface area contributed by atoms with Crippen LogP contribution < -0.4 is 5.73 Å². The molecule has 0 aliphatic heterocycles. The van der Waals surface area contributed by atoms with Gasteiger partial charge in [-0.25, -0.2) is 0 Å². The smallest absolute Gasteiger partial charge is 0.192 e. The molecule has 98 valence electrons. The predicted molar refractivity (Wildman–Crippen MR) is 75.2 cm³/mol. The fourth-order valence-electron chi connectivity index (χ4n) is 1.40. The van der Waals surface area contributed by atoms with Crippen molar-refractivity contribution in [1.29, 1.82) is 0 Å². The van der Waals surface area contributed by atoms with E-state index in [2.05, 4.69) is 47.7 Å². The zero-order chi connectivity index (χ0) is 13.0.